The molecule has 2 nitrogen and oxygen atoms in total. The van der Waals surface area contributed by atoms with Gasteiger partial charge >= 0.3 is 0 Å². The van der Waals surface area contributed by atoms with Crippen molar-refractivity contribution < 1.29 is 4.74 Å². The lowest BCUT2D eigenvalue weighted by Crippen LogP contribution is -2.01. The zero-order chi connectivity index (χ0) is 13.7. The second kappa shape index (κ2) is 6.40. The van der Waals surface area contributed by atoms with E-state index in [2.05, 4.69) is 22.0 Å². The third-order valence-corrected chi connectivity index (χ3v) is 3.55. The molecular weight excluding hydrogens is 302 g/mol. The van der Waals surface area contributed by atoms with Crippen molar-refractivity contribution in [2.24, 2.45) is 0 Å². The maximum atomic E-state index is 9.06. The fourth-order valence-electron chi connectivity index (χ4n) is 1.93. The van der Waals surface area contributed by atoms with Crippen molar-refractivity contribution in [3.63, 3.8) is 0 Å². The van der Waals surface area contributed by atoms with Crippen LogP contribution in [0.15, 0.2) is 42.5 Å². The van der Waals surface area contributed by atoms with Crippen molar-refractivity contribution in [1.29, 1.82) is 5.26 Å². The number of benzene rings is 2. The Kier molecular flexibility index (Phi) is 4.59. The summed E-state index contributed by atoms with van der Waals surface area (Å²) in [6, 6.07) is 15.8. The van der Waals surface area contributed by atoms with Gasteiger partial charge in [-0.15, -0.1) is 0 Å². The third kappa shape index (κ3) is 3.15. The largest absolute Gasteiger partial charge is 0.488 e. The highest BCUT2D eigenvalue weighted by atomic mass is 79.9. The highest BCUT2D eigenvalue weighted by molar-refractivity contribution is 9.08. The standard InChI is InChI=1S/C16H14BrNO/c1-12-5-4-8-13(9-17)16(12)19-11-15-7-3-2-6-14(15)10-18/h2-8H,9,11H2,1H3. The van der Waals surface area contributed by atoms with Crippen molar-refractivity contribution in [2.45, 2.75) is 18.9 Å². The number of ether oxygens (including phenoxy) is 1. The highest BCUT2D eigenvalue weighted by Crippen LogP contribution is 2.26. The molecule has 0 fully saturated rings. The number of halogens is 1. The number of aryl methyl sites for hydroxylation is 1. The van der Waals surface area contributed by atoms with Crippen LogP contribution in [0.1, 0.15) is 22.3 Å². The molecule has 0 unspecified atom stereocenters. The summed E-state index contributed by atoms with van der Waals surface area (Å²) in [6.07, 6.45) is 0. The summed E-state index contributed by atoms with van der Waals surface area (Å²) in [4.78, 5) is 0. The summed E-state index contributed by atoms with van der Waals surface area (Å²) in [5.41, 5.74) is 3.80. The van der Waals surface area contributed by atoms with E-state index in [1.807, 2.05) is 49.4 Å². The maximum Gasteiger partial charge on any atom is 0.126 e. The van der Waals surface area contributed by atoms with Gasteiger partial charge < -0.3 is 4.74 Å². The first-order valence-corrected chi connectivity index (χ1v) is 7.13. The molecule has 0 aliphatic rings. The summed E-state index contributed by atoms with van der Waals surface area (Å²) in [5, 5.41) is 9.81. The molecule has 19 heavy (non-hydrogen) atoms. The van der Waals surface area contributed by atoms with Gasteiger partial charge in [-0.25, -0.2) is 0 Å². The molecule has 0 saturated heterocycles. The topological polar surface area (TPSA) is 33.0 Å². The van der Waals surface area contributed by atoms with E-state index in [9.17, 15) is 0 Å². The first-order chi connectivity index (χ1) is 9.26. The predicted octanol–water partition coefficient (Wildman–Crippen LogP) is 4.34. The lowest BCUT2D eigenvalue weighted by atomic mass is 10.1. The van der Waals surface area contributed by atoms with E-state index in [0.717, 1.165) is 27.8 Å². The summed E-state index contributed by atoms with van der Waals surface area (Å²) >= 11 is 3.46. The minimum Gasteiger partial charge on any atom is -0.488 e. The molecule has 3 heteroatoms. The number of rotatable bonds is 4. The Hall–Kier alpha value is -1.79. The van der Waals surface area contributed by atoms with Crippen molar-refractivity contribution in [3.05, 3.63) is 64.7 Å². The van der Waals surface area contributed by atoms with Crippen LogP contribution in [0.5, 0.6) is 5.75 Å². The Balaban J connectivity index is 2.22. The molecule has 96 valence electrons. The van der Waals surface area contributed by atoms with Gasteiger partial charge in [-0.05, 0) is 18.6 Å². The van der Waals surface area contributed by atoms with Crippen molar-refractivity contribution >= 4 is 15.9 Å². The van der Waals surface area contributed by atoms with Crippen LogP contribution in [0, 0.1) is 18.3 Å². The lowest BCUT2D eigenvalue weighted by Gasteiger charge is -2.13. The van der Waals surface area contributed by atoms with E-state index >= 15 is 0 Å². The molecule has 2 aromatic rings. The van der Waals surface area contributed by atoms with Gasteiger partial charge in [-0.2, -0.15) is 5.26 Å². The molecule has 0 radical (unpaired) electrons. The maximum absolute atomic E-state index is 9.06. The van der Waals surface area contributed by atoms with Gasteiger partial charge in [0.05, 0.1) is 11.6 Å². The van der Waals surface area contributed by atoms with Gasteiger partial charge in [-0.3, -0.25) is 0 Å². The third-order valence-electron chi connectivity index (χ3n) is 2.95. The van der Waals surface area contributed by atoms with E-state index < -0.39 is 0 Å². The number of hydrogen-bond acceptors (Lipinski definition) is 2. The van der Waals surface area contributed by atoms with E-state index in [4.69, 9.17) is 10.00 Å². The van der Waals surface area contributed by atoms with Crippen LogP contribution in [-0.2, 0) is 11.9 Å². The molecule has 2 rings (SSSR count). The second-order valence-corrected chi connectivity index (χ2v) is 4.82. The smallest absolute Gasteiger partial charge is 0.126 e. The first-order valence-electron chi connectivity index (χ1n) is 6.01. The van der Waals surface area contributed by atoms with Crippen LogP contribution in [-0.4, -0.2) is 0 Å². The van der Waals surface area contributed by atoms with Gasteiger partial charge in [0.1, 0.15) is 12.4 Å². The van der Waals surface area contributed by atoms with Gasteiger partial charge in [0, 0.05) is 16.5 Å². The van der Waals surface area contributed by atoms with Gasteiger partial charge in [-0.1, -0.05) is 52.3 Å². The number of alkyl halides is 1. The molecular formula is C16H14BrNO. The number of nitriles is 1. The molecule has 0 bridgehead atoms. The molecule has 0 heterocycles. The lowest BCUT2D eigenvalue weighted by molar-refractivity contribution is 0.301. The Morgan fingerprint density at radius 2 is 1.84 bits per heavy atom. The fourth-order valence-corrected chi connectivity index (χ4v) is 2.37. The van der Waals surface area contributed by atoms with Crippen molar-refractivity contribution in [2.75, 3.05) is 0 Å². The van der Waals surface area contributed by atoms with Crippen molar-refractivity contribution in [3.8, 4) is 11.8 Å². The zero-order valence-corrected chi connectivity index (χ0v) is 12.3. The minimum absolute atomic E-state index is 0.411. The van der Waals surface area contributed by atoms with Crippen LogP contribution in [0.2, 0.25) is 0 Å². The fraction of sp³-hybridized carbons (Fsp3) is 0.188. The zero-order valence-electron chi connectivity index (χ0n) is 10.7. The first kappa shape index (κ1) is 13.6. The molecule has 0 aromatic heterocycles. The minimum atomic E-state index is 0.411. The molecule has 0 spiro atoms. The summed E-state index contributed by atoms with van der Waals surface area (Å²) in [5.74, 6) is 0.895. The van der Waals surface area contributed by atoms with Crippen LogP contribution in [0.4, 0.5) is 0 Å². The summed E-state index contributed by atoms with van der Waals surface area (Å²) in [7, 11) is 0. The summed E-state index contributed by atoms with van der Waals surface area (Å²) < 4.78 is 5.91. The number of para-hydroxylation sites is 1. The monoisotopic (exact) mass is 315 g/mol. The van der Waals surface area contributed by atoms with Crippen LogP contribution in [0.25, 0.3) is 0 Å². The summed E-state index contributed by atoms with van der Waals surface area (Å²) in [6.45, 7) is 2.44. The van der Waals surface area contributed by atoms with Crippen LogP contribution >= 0.6 is 15.9 Å². The number of nitrogens with zero attached hydrogens (tertiary/aromatic N) is 1. The highest BCUT2D eigenvalue weighted by Gasteiger charge is 2.07. The predicted molar refractivity (Wildman–Crippen MR) is 79.3 cm³/mol. The molecule has 0 atom stereocenters. The van der Waals surface area contributed by atoms with E-state index in [0.29, 0.717) is 12.2 Å². The van der Waals surface area contributed by atoms with Gasteiger partial charge in [0.2, 0.25) is 0 Å². The average molecular weight is 316 g/mol. The van der Waals surface area contributed by atoms with E-state index in [1.54, 1.807) is 0 Å². The molecule has 0 N–H and O–H groups in total. The Bertz CT molecular complexity index is 616. The molecule has 0 saturated carbocycles. The second-order valence-electron chi connectivity index (χ2n) is 4.25. The van der Waals surface area contributed by atoms with Crippen molar-refractivity contribution in [1.82, 2.24) is 0 Å². The molecule has 0 aliphatic carbocycles. The molecule has 0 amide bonds. The Morgan fingerprint density at radius 3 is 2.58 bits per heavy atom. The Labute approximate surface area is 121 Å². The van der Waals surface area contributed by atoms with Crippen LogP contribution in [0.3, 0.4) is 0 Å². The quantitative estimate of drug-likeness (QED) is 0.786. The van der Waals surface area contributed by atoms with E-state index in [-0.39, 0.29) is 0 Å². The SMILES string of the molecule is Cc1cccc(CBr)c1OCc1ccccc1C#N. The van der Waals surface area contributed by atoms with Crippen LogP contribution < -0.4 is 4.74 Å². The van der Waals surface area contributed by atoms with Gasteiger partial charge in [0.25, 0.3) is 0 Å². The average Bonchev–Trinajstić information content (AvgIpc) is 2.46. The Morgan fingerprint density at radius 1 is 1.11 bits per heavy atom. The van der Waals surface area contributed by atoms with E-state index in [1.165, 1.54) is 0 Å². The number of hydrogen-bond donors (Lipinski definition) is 0. The molecule has 2 aromatic carbocycles. The van der Waals surface area contributed by atoms with Gasteiger partial charge in [0.15, 0.2) is 0 Å². The molecule has 0 aliphatic heterocycles. The normalized spacial score (nSPS) is 9.95.